The summed E-state index contributed by atoms with van der Waals surface area (Å²) in [5.74, 6) is -4.51. The molecule has 2 aromatic carbocycles. The number of aromatic nitrogens is 4. The van der Waals surface area contributed by atoms with Crippen LogP contribution in [0.4, 0.5) is 10.2 Å². The minimum Gasteiger partial charge on any atom is -0.481 e. The summed E-state index contributed by atoms with van der Waals surface area (Å²) in [5.41, 5.74) is -0.524. The summed E-state index contributed by atoms with van der Waals surface area (Å²) in [4.78, 5) is 59.6. The second-order valence-electron chi connectivity index (χ2n) is 9.58. The number of halogens is 1. The highest BCUT2D eigenvalue weighted by Crippen LogP contribution is 2.33. The largest absolute Gasteiger partial charge is 0.481 e. The topological polar surface area (TPSA) is 229 Å². The molecule has 0 amide bonds. The van der Waals surface area contributed by atoms with E-state index >= 15 is 0 Å². The number of carbonyl (C=O) groups is 3. The van der Waals surface area contributed by atoms with Crippen LogP contribution in [0.1, 0.15) is 38.0 Å². The van der Waals surface area contributed by atoms with E-state index in [0.717, 1.165) is 0 Å². The van der Waals surface area contributed by atoms with E-state index in [1.165, 1.54) is 18.5 Å². The number of aliphatic carboxylic acids is 3. The summed E-state index contributed by atoms with van der Waals surface area (Å²) in [6, 6.07) is 12.6. The maximum absolute atomic E-state index is 14.0. The lowest BCUT2D eigenvalue weighted by molar-refractivity contribution is -0.170. The number of H-pyrrole nitrogens is 1. The van der Waals surface area contributed by atoms with Gasteiger partial charge >= 0.3 is 17.9 Å². The first-order chi connectivity index (χ1) is 20.9. The van der Waals surface area contributed by atoms with E-state index in [-0.39, 0.29) is 5.43 Å². The monoisotopic (exact) mass is 607 g/mol. The zero-order valence-corrected chi connectivity index (χ0v) is 23.0. The number of nitrogens with zero attached hydrogens (tertiary/aromatic N) is 3. The molecule has 0 radical (unpaired) electrons. The van der Waals surface area contributed by atoms with Crippen LogP contribution in [0.5, 0.6) is 0 Å². The van der Waals surface area contributed by atoms with Crippen molar-refractivity contribution >= 4 is 45.9 Å². The number of benzene rings is 2. The highest BCUT2D eigenvalue weighted by atomic mass is 19.1. The fraction of sp³-hybridized carbons (Fsp3) is 0.207. The number of hydrogen-bond donors (Lipinski definition) is 6. The smallest absolute Gasteiger partial charge is 0.336 e. The molecule has 3 aromatic heterocycles. The average Bonchev–Trinajstić information content (AvgIpc) is 3.45. The van der Waals surface area contributed by atoms with E-state index < -0.39 is 48.2 Å². The van der Waals surface area contributed by atoms with Crippen molar-refractivity contribution in [2.45, 2.75) is 37.8 Å². The third kappa shape index (κ3) is 6.84. The first kappa shape index (κ1) is 31.2. The van der Waals surface area contributed by atoms with E-state index in [4.69, 9.17) is 24.8 Å². The van der Waals surface area contributed by atoms with Gasteiger partial charge in [-0.3, -0.25) is 14.4 Å². The Morgan fingerprint density at radius 3 is 2.36 bits per heavy atom. The van der Waals surface area contributed by atoms with Crippen molar-refractivity contribution in [3.63, 3.8) is 0 Å². The molecule has 1 atom stereocenters. The molecule has 0 bridgehead atoms. The number of aliphatic hydroxyl groups is 1. The van der Waals surface area contributed by atoms with Gasteiger partial charge < -0.3 is 35.1 Å². The van der Waals surface area contributed by atoms with Gasteiger partial charge in [0, 0.05) is 0 Å². The number of hydrogen-bond acceptors (Lipinski definition) is 10. The molecule has 6 N–H and O–H groups in total. The summed E-state index contributed by atoms with van der Waals surface area (Å²) >= 11 is 0. The van der Waals surface area contributed by atoms with E-state index in [9.17, 15) is 23.6 Å². The van der Waals surface area contributed by atoms with E-state index in [0.29, 0.717) is 51.3 Å². The quantitative estimate of drug-likeness (QED) is 0.133. The van der Waals surface area contributed by atoms with Gasteiger partial charge in [0.15, 0.2) is 17.1 Å². The fourth-order valence-electron chi connectivity index (χ4n) is 4.42. The zero-order valence-electron chi connectivity index (χ0n) is 23.0. The maximum Gasteiger partial charge on any atom is 0.336 e. The van der Waals surface area contributed by atoms with Crippen LogP contribution in [0, 0.1) is 5.82 Å². The van der Waals surface area contributed by atoms with Gasteiger partial charge in [-0.25, -0.2) is 24.1 Å². The normalized spacial score (nSPS) is 11.9. The maximum atomic E-state index is 14.0. The lowest BCUT2D eigenvalue weighted by Crippen LogP contribution is -2.42. The van der Waals surface area contributed by atoms with Gasteiger partial charge in [0.2, 0.25) is 5.43 Å². The van der Waals surface area contributed by atoms with Crippen LogP contribution in [0.15, 0.2) is 70.4 Å². The van der Waals surface area contributed by atoms with Crippen LogP contribution in [-0.2, 0) is 14.4 Å². The Bertz CT molecular complexity index is 1890. The predicted octanol–water partition coefficient (Wildman–Crippen LogP) is 3.58. The lowest BCUT2D eigenvalue weighted by Gasteiger charge is -2.20. The first-order valence-corrected chi connectivity index (χ1v) is 13.0. The van der Waals surface area contributed by atoms with Crippen molar-refractivity contribution in [1.82, 2.24) is 19.9 Å². The Kier molecular flexibility index (Phi) is 9.29. The molecule has 0 spiro atoms. The summed E-state index contributed by atoms with van der Waals surface area (Å²) in [6.45, 7) is 1.96. The summed E-state index contributed by atoms with van der Waals surface area (Å²) in [7, 11) is 0. The van der Waals surface area contributed by atoms with Crippen LogP contribution in [0.25, 0.3) is 33.3 Å². The van der Waals surface area contributed by atoms with Gasteiger partial charge in [-0.2, -0.15) is 0 Å². The van der Waals surface area contributed by atoms with Crippen molar-refractivity contribution in [1.29, 1.82) is 0 Å². The van der Waals surface area contributed by atoms with E-state index in [1.54, 1.807) is 36.7 Å². The molecule has 1 unspecified atom stereocenters. The number of fused-ring (bicyclic) bond motifs is 2. The molecular weight excluding hydrogens is 581 g/mol. The molecule has 14 nitrogen and oxygen atoms in total. The number of nitrogens with one attached hydrogen (secondary N) is 2. The van der Waals surface area contributed by atoms with Gasteiger partial charge in [0.1, 0.15) is 29.0 Å². The Morgan fingerprint density at radius 2 is 1.73 bits per heavy atom. The van der Waals surface area contributed by atoms with Crippen molar-refractivity contribution in [3.05, 3.63) is 83.0 Å². The molecule has 5 rings (SSSR count). The Morgan fingerprint density at radius 1 is 1.02 bits per heavy atom. The Balaban J connectivity index is 0.000000289. The second kappa shape index (κ2) is 13.1. The average molecular weight is 608 g/mol. The van der Waals surface area contributed by atoms with Gasteiger partial charge in [-0.1, -0.05) is 31.2 Å². The van der Waals surface area contributed by atoms with Crippen molar-refractivity contribution in [3.8, 4) is 11.1 Å². The van der Waals surface area contributed by atoms with Crippen LogP contribution in [0.2, 0.25) is 0 Å². The zero-order chi connectivity index (χ0) is 32.0. The van der Waals surface area contributed by atoms with Crippen molar-refractivity contribution in [2.75, 3.05) is 5.32 Å². The predicted molar refractivity (Wildman–Crippen MR) is 153 cm³/mol. The highest BCUT2D eigenvalue weighted by molar-refractivity contribution is 5.88. The molecule has 0 aliphatic rings. The van der Waals surface area contributed by atoms with Crippen LogP contribution in [-0.4, -0.2) is 63.9 Å². The van der Waals surface area contributed by atoms with Crippen LogP contribution < -0.4 is 10.7 Å². The Labute approximate surface area is 246 Å². The molecule has 0 saturated heterocycles. The number of aromatic amines is 1. The first-order valence-electron chi connectivity index (χ1n) is 13.0. The number of carboxylic acid groups (broad SMARTS) is 3. The van der Waals surface area contributed by atoms with Gasteiger partial charge in [0.05, 0.1) is 36.2 Å². The molecule has 0 saturated carbocycles. The third-order valence-electron chi connectivity index (χ3n) is 6.48. The van der Waals surface area contributed by atoms with Crippen LogP contribution in [0.3, 0.4) is 0 Å². The van der Waals surface area contributed by atoms with Crippen LogP contribution >= 0.6 is 0 Å². The number of imidazole rings is 1. The van der Waals surface area contributed by atoms with E-state index in [1.807, 2.05) is 13.0 Å². The summed E-state index contributed by atoms with van der Waals surface area (Å²) < 4.78 is 20.3. The molecule has 0 aliphatic heterocycles. The minimum atomic E-state index is -2.74. The second-order valence-corrected chi connectivity index (χ2v) is 9.58. The van der Waals surface area contributed by atoms with Gasteiger partial charge in [-0.15, -0.1) is 0 Å². The molecule has 3 heterocycles. The number of anilines is 1. The lowest BCUT2D eigenvalue weighted by atomic mass is 9.96. The molecule has 0 aliphatic carbocycles. The number of rotatable bonds is 10. The number of carboxylic acids is 3. The molecule has 0 fully saturated rings. The van der Waals surface area contributed by atoms with Crippen molar-refractivity contribution in [2.24, 2.45) is 0 Å². The minimum absolute atomic E-state index is 0.213. The van der Waals surface area contributed by atoms with Crippen molar-refractivity contribution < 1.29 is 43.6 Å². The molecule has 15 heteroatoms. The fourth-order valence-corrected chi connectivity index (χ4v) is 4.42. The Hall–Kier alpha value is -5.70. The summed E-state index contributed by atoms with van der Waals surface area (Å²) in [5, 5.41) is 37.6. The summed E-state index contributed by atoms with van der Waals surface area (Å²) in [6.07, 6.45) is 1.27. The third-order valence-corrected chi connectivity index (χ3v) is 6.48. The van der Waals surface area contributed by atoms with Gasteiger partial charge in [-0.05, 0) is 36.2 Å². The van der Waals surface area contributed by atoms with Gasteiger partial charge in [0.25, 0.3) is 0 Å². The SMILES string of the molecule is CCC(Nc1ncnc2[nH]cnc12)c1oc2ccccc2c(=O)c1-c1cccc(F)c1.O=C(O)CC(O)(CC(=O)O)C(=O)O. The highest BCUT2D eigenvalue weighted by Gasteiger charge is 2.40. The molecule has 228 valence electrons. The van der Waals surface area contributed by atoms with E-state index in [2.05, 4.69) is 25.3 Å². The molecule has 44 heavy (non-hydrogen) atoms. The number of para-hydroxylation sites is 1. The standard InChI is InChI=1S/C23H18FN5O2.C6H8O7/c1-2-16(29-23-19-22(26-11-25-19)27-12-28-23)21-18(13-6-5-7-14(24)10-13)20(30)15-8-3-4-9-17(15)31-21;7-3(8)1-6(13,5(11)12)2-4(9)10/h3-12,16H,2H2,1H3,(H2,25,26,27,28,29);13H,1-2H2,(H,7,8)(H,9,10)(H,11,12). The molecular formula is C29H26FN5O9. The molecule has 5 aromatic rings.